The predicted molar refractivity (Wildman–Crippen MR) is 94.4 cm³/mol. The highest BCUT2D eigenvalue weighted by Crippen LogP contribution is 2.23. The van der Waals surface area contributed by atoms with Crippen LogP contribution in [-0.4, -0.2) is 67.6 Å². The van der Waals surface area contributed by atoms with Crippen molar-refractivity contribution in [3.63, 3.8) is 0 Å². The fourth-order valence-electron chi connectivity index (χ4n) is 2.66. The minimum Gasteiger partial charge on any atom is -0.395 e. The van der Waals surface area contributed by atoms with Crippen LogP contribution in [0.1, 0.15) is 23.4 Å². The van der Waals surface area contributed by atoms with Gasteiger partial charge in [-0.25, -0.2) is 0 Å². The Morgan fingerprint density at radius 1 is 1.38 bits per heavy atom. The van der Waals surface area contributed by atoms with E-state index < -0.39 is 22.8 Å². The van der Waals surface area contributed by atoms with E-state index in [-0.39, 0.29) is 24.1 Å². The van der Waals surface area contributed by atoms with Crippen molar-refractivity contribution >= 4 is 30.1 Å². The molecule has 2 N–H and O–H groups in total. The van der Waals surface area contributed by atoms with Crippen molar-refractivity contribution in [2.24, 2.45) is 0 Å². The lowest BCUT2D eigenvalue weighted by atomic mass is 10.2. The summed E-state index contributed by atoms with van der Waals surface area (Å²) >= 11 is 0. The van der Waals surface area contributed by atoms with Gasteiger partial charge >= 0.3 is 5.88 Å². The molecule has 1 unspecified atom stereocenters. The lowest BCUT2D eigenvalue weighted by Crippen LogP contribution is -2.47. The molecule has 1 aromatic heterocycles. The molecule has 0 aliphatic carbocycles. The van der Waals surface area contributed by atoms with Crippen LogP contribution in [0.5, 0.6) is 0 Å². The standard InChI is InChI=1S/C15H22N4O6.ClH/c1-24-10-8-16-6-7-17-14(20)11-3-2-9-18(11)15(21)12-4-5-13(25-12)19(22)23;/h4-5,11,16H,2-3,6-10H2,1H3,(H,17,20);1H. The minimum absolute atomic E-state index is 0. The summed E-state index contributed by atoms with van der Waals surface area (Å²) in [6, 6.07) is 1.80. The number of nitro groups is 1. The predicted octanol–water partition coefficient (Wildman–Crippen LogP) is 0.566. The molecule has 0 radical (unpaired) electrons. The molecule has 0 spiro atoms. The van der Waals surface area contributed by atoms with E-state index in [0.717, 1.165) is 6.07 Å². The number of hydrogen-bond acceptors (Lipinski definition) is 7. The van der Waals surface area contributed by atoms with Crippen LogP contribution in [-0.2, 0) is 9.53 Å². The molecule has 146 valence electrons. The normalized spacial score (nSPS) is 16.2. The summed E-state index contributed by atoms with van der Waals surface area (Å²) in [6.07, 6.45) is 1.25. The summed E-state index contributed by atoms with van der Waals surface area (Å²) in [7, 11) is 1.61. The highest BCUT2D eigenvalue weighted by molar-refractivity contribution is 5.96. The Balaban J connectivity index is 0.00000338. The van der Waals surface area contributed by atoms with Crippen molar-refractivity contribution in [1.82, 2.24) is 15.5 Å². The second kappa shape index (κ2) is 10.7. The van der Waals surface area contributed by atoms with Gasteiger partial charge in [0.15, 0.2) is 5.76 Å². The van der Waals surface area contributed by atoms with Crippen LogP contribution in [0.4, 0.5) is 5.88 Å². The maximum Gasteiger partial charge on any atom is 0.433 e. The highest BCUT2D eigenvalue weighted by Gasteiger charge is 2.36. The van der Waals surface area contributed by atoms with Gasteiger partial charge in [-0.1, -0.05) is 0 Å². The largest absolute Gasteiger partial charge is 0.433 e. The fraction of sp³-hybridized carbons (Fsp3) is 0.600. The SMILES string of the molecule is COCCNCCNC(=O)C1CCCN1C(=O)c1ccc([N+](=O)[O-])o1.Cl. The Bertz CT molecular complexity index is 623. The zero-order valence-corrected chi connectivity index (χ0v) is 15.3. The highest BCUT2D eigenvalue weighted by atomic mass is 35.5. The van der Waals surface area contributed by atoms with E-state index in [1.54, 1.807) is 7.11 Å². The lowest BCUT2D eigenvalue weighted by molar-refractivity contribution is -0.402. The third-order valence-electron chi connectivity index (χ3n) is 3.88. The molecular weight excluding hydrogens is 368 g/mol. The Kier molecular flexibility index (Phi) is 9.03. The molecule has 2 amide bonds. The van der Waals surface area contributed by atoms with Crippen LogP contribution >= 0.6 is 12.4 Å². The maximum atomic E-state index is 12.4. The Morgan fingerprint density at radius 3 is 2.81 bits per heavy atom. The first-order valence-corrected chi connectivity index (χ1v) is 8.07. The molecule has 2 heterocycles. The molecule has 2 rings (SSSR count). The third-order valence-corrected chi connectivity index (χ3v) is 3.88. The summed E-state index contributed by atoms with van der Waals surface area (Å²) in [4.78, 5) is 36.1. The van der Waals surface area contributed by atoms with Crippen LogP contribution in [0.3, 0.4) is 0 Å². The maximum absolute atomic E-state index is 12.4. The van der Waals surface area contributed by atoms with E-state index in [1.165, 1.54) is 11.0 Å². The summed E-state index contributed by atoms with van der Waals surface area (Å²) in [5.74, 6) is -1.37. The number of methoxy groups -OCH3 is 1. The van der Waals surface area contributed by atoms with Crippen molar-refractivity contribution in [3.05, 3.63) is 28.0 Å². The quantitative estimate of drug-likeness (QED) is 0.358. The number of nitrogens with one attached hydrogen (secondary N) is 2. The van der Waals surface area contributed by atoms with Gasteiger partial charge < -0.3 is 24.7 Å². The summed E-state index contributed by atoms with van der Waals surface area (Å²) in [5, 5.41) is 16.5. The number of ether oxygens (including phenoxy) is 1. The van der Waals surface area contributed by atoms with Gasteiger partial charge in [0.1, 0.15) is 11.0 Å². The zero-order chi connectivity index (χ0) is 18.2. The van der Waals surface area contributed by atoms with Crippen molar-refractivity contribution in [2.45, 2.75) is 18.9 Å². The van der Waals surface area contributed by atoms with Gasteiger partial charge in [0, 0.05) is 33.3 Å². The molecule has 26 heavy (non-hydrogen) atoms. The molecule has 0 aromatic carbocycles. The second-order valence-electron chi connectivity index (χ2n) is 5.59. The van der Waals surface area contributed by atoms with Crippen LogP contribution in [0, 0.1) is 10.1 Å². The molecule has 1 aliphatic heterocycles. The van der Waals surface area contributed by atoms with Gasteiger partial charge in [0.25, 0.3) is 5.91 Å². The second-order valence-corrected chi connectivity index (χ2v) is 5.59. The topological polar surface area (TPSA) is 127 Å². The van der Waals surface area contributed by atoms with E-state index >= 15 is 0 Å². The molecule has 0 saturated carbocycles. The van der Waals surface area contributed by atoms with E-state index in [9.17, 15) is 19.7 Å². The fourth-order valence-corrected chi connectivity index (χ4v) is 2.66. The van der Waals surface area contributed by atoms with E-state index in [4.69, 9.17) is 9.15 Å². The van der Waals surface area contributed by atoms with Gasteiger partial charge in [-0.2, -0.15) is 0 Å². The first-order chi connectivity index (χ1) is 12.0. The van der Waals surface area contributed by atoms with Gasteiger partial charge in [-0.3, -0.25) is 19.7 Å². The Labute approximate surface area is 156 Å². The van der Waals surface area contributed by atoms with Crippen molar-refractivity contribution in [1.29, 1.82) is 0 Å². The summed E-state index contributed by atoms with van der Waals surface area (Å²) in [5.41, 5.74) is 0. The van der Waals surface area contributed by atoms with Crippen LogP contribution in [0.15, 0.2) is 16.5 Å². The van der Waals surface area contributed by atoms with Crippen molar-refractivity contribution in [3.8, 4) is 0 Å². The summed E-state index contributed by atoms with van der Waals surface area (Å²) < 4.78 is 9.84. The van der Waals surface area contributed by atoms with E-state index in [0.29, 0.717) is 45.6 Å². The number of carbonyl (C=O) groups excluding carboxylic acids is 2. The first-order valence-electron chi connectivity index (χ1n) is 8.07. The number of carbonyl (C=O) groups is 2. The number of halogens is 1. The molecular formula is C15H23ClN4O6. The first kappa shape index (κ1) is 21.9. The Morgan fingerprint density at radius 2 is 2.15 bits per heavy atom. The number of likely N-dealkylation sites (tertiary alicyclic amines) is 1. The number of rotatable bonds is 9. The molecule has 11 heteroatoms. The monoisotopic (exact) mass is 390 g/mol. The van der Waals surface area contributed by atoms with E-state index in [1.807, 2.05) is 0 Å². The third kappa shape index (κ3) is 5.68. The molecule has 10 nitrogen and oxygen atoms in total. The molecule has 0 bridgehead atoms. The lowest BCUT2D eigenvalue weighted by Gasteiger charge is -2.23. The van der Waals surface area contributed by atoms with Gasteiger partial charge in [-0.05, 0) is 18.9 Å². The zero-order valence-electron chi connectivity index (χ0n) is 14.4. The molecule has 1 atom stereocenters. The number of amides is 2. The van der Waals surface area contributed by atoms with Crippen LogP contribution in [0.25, 0.3) is 0 Å². The summed E-state index contributed by atoms with van der Waals surface area (Å²) in [6.45, 7) is 2.73. The molecule has 1 saturated heterocycles. The minimum atomic E-state index is -0.707. The van der Waals surface area contributed by atoms with Gasteiger partial charge in [0.2, 0.25) is 5.91 Å². The van der Waals surface area contributed by atoms with Gasteiger partial charge in [-0.15, -0.1) is 12.4 Å². The van der Waals surface area contributed by atoms with Crippen molar-refractivity contribution < 1.29 is 23.7 Å². The number of hydrogen-bond donors (Lipinski definition) is 2. The number of furan rings is 1. The van der Waals surface area contributed by atoms with Gasteiger partial charge in [0.05, 0.1) is 12.7 Å². The smallest absolute Gasteiger partial charge is 0.395 e. The molecule has 1 fully saturated rings. The van der Waals surface area contributed by atoms with Crippen molar-refractivity contribution in [2.75, 3.05) is 39.9 Å². The molecule has 1 aromatic rings. The average molecular weight is 391 g/mol. The van der Waals surface area contributed by atoms with E-state index in [2.05, 4.69) is 10.6 Å². The van der Waals surface area contributed by atoms with Crippen LogP contribution < -0.4 is 10.6 Å². The van der Waals surface area contributed by atoms with Crippen LogP contribution in [0.2, 0.25) is 0 Å². The Hall–Kier alpha value is -2.17. The average Bonchev–Trinajstić information content (AvgIpc) is 3.26. The number of nitrogens with zero attached hydrogens (tertiary/aromatic N) is 2. The molecule has 1 aliphatic rings.